The van der Waals surface area contributed by atoms with Crippen LogP contribution in [0.4, 0.5) is 0 Å². The average Bonchev–Trinajstić information content (AvgIpc) is 2.98. The number of rotatable bonds is 9. The highest BCUT2D eigenvalue weighted by Crippen LogP contribution is 2.11. The number of aryl methyl sites for hydroxylation is 1. The van der Waals surface area contributed by atoms with Crippen LogP contribution >= 0.6 is 35.3 Å². The molecule has 0 radical (unpaired) electrons. The van der Waals surface area contributed by atoms with Crippen LogP contribution in [0.1, 0.15) is 49.0 Å². The lowest BCUT2D eigenvalue weighted by Gasteiger charge is -2.14. The number of aromatic nitrogens is 1. The Hall–Kier alpha value is -0.900. The molecule has 1 heterocycles. The quantitative estimate of drug-likeness (QED) is 0.226. The van der Waals surface area contributed by atoms with Gasteiger partial charge in [-0.2, -0.15) is 0 Å². The van der Waals surface area contributed by atoms with Gasteiger partial charge >= 0.3 is 0 Å². The zero-order valence-electron chi connectivity index (χ0n) is 15.0. The average molecular weight is 467 g/mol. The van der Waals surface area contributed by atoms with Crippen LogP contribution in [-0.4, -0.2) is 43.0 Å². The zero-order chi connectivity index (χ0) is 17.1. The summed E-state index contributed by atoms with van der Waals surface area (Å²) in [6.45, 7) is 11.1. The molecule has 0 saturated carbocycles. The van der Waals surface area contributed by atoms with E-state index in [0.717, 1.165) is 37.6 Å². The third-order valence-corrected chi connectivity index (χ3v) is 4.59. The van der Waals surface area contributed by atoms with Crippen LogP contribution in [0.5, 0.6) is 0 Å². The van der Waals surface area contributed by atoms with Crippen molar-refractivity contribution >= 4 is 47.2 Å². The Morgan fingerprint density at radius 1 is 1.21 bits per heavy atom. The van der Waals surface area contributed by atoms with E-state index in [0.29, 0.717) is 23.9 Å². The first kappa shape index (κ1) is 23.1. The fourth-order valence-corrected chi connectivity index (χ4v) is 2.78. The smallest absolute Gasteiger partial charge is 0.263 e. The lowest BCUT2D eigenvalue weighted by atomic mass is 10.0. The van der Waals surface area contributed by atoms with E-state index < -0.39 is 0 Å². The van der Waals surface area contributed by atoms with E-state index in [-0.39, 0.29) is 29.9 Å². The van der Waals surface area contributed by atoms with E-state index in [9.17, 15) is 4.79 Å². The minimum Gasteiger partial charge on any atom is -0.357 e. The molecule has 0 aromatic carbocycles. The molecule has 24 heavy (non-hydrogen) atoms. The molecule has 1 amide bonds. The number of thiazole rings is 1. The summed E-state index contributed by atoms with van der Waals surface area (Å²) in [7, 11) is 0. The lowest BCUT2D eigenvalue weighted by Crippen LogP contribution is -2.41. The molecule has 1 aromatic rings. The van der Waals surface area contributed by atoms with Gasteiger partial charge in [0.05, 0.1) is 11.2 Å². The van der Waals surface area contributed by atoms with Crippen molar-refractivity contribution in [1.82, 2.24) is 20.9 Å². The van der Waals surface area contributed by atoms with Gasteiger partial charge in [-0.25, -0.2) is 4.98 Å². The number of guanidine groups is 1. The fourth-order valence-electron chi connectivity index (χ4n) is 2.07. The second-order valence-corrected chi connectivity index (χ2v) is 6.21. The molecule has 0 unspecified atom stereocenters. The number of hydrogen-bond acceptors (Lipinski definition) is 4. The van der Waals surface area contributed by atoms with Gasteiger partial charge < -0.3 is 16.0 Å². The first-order valence-electron chi connectivity index (χ1n) is 8.32. The molecular formula is C16H30IN5OS. The SMILES string of the molecule is CCNC(=NCC(CC)CC)NCCNC(=O)c1scnc1C.I. The third kappa shape index (κ3) is 8.27. The second kappa shape index (κ2) is 13.4. The van der Waals surface area contributed by atoms with Gasteiger partial charge in [0.2, 0.25) is 0 Å². The Morgan fingerprint density at radius 3 is 2.42 bits per heavy atom. The number of halogens is 1. The maximum atomic E-state index is 12.0. The van der Waals surface area contributed by atoms with Crippen LogP contribution in [-0.2, 0) is 0 Å². The van der Waals surface area contributed by atoms with Crippen LogP contribution in [0.3, 0.4) is 0 Å². The molecule has 8 heteroatoms. The van der Waals surface area contributed by atoms with Gasteiger partial charge in [-0.3, -0.25) is 9.79 Å². The summed E-state index contributed by atoms with van der Waals surface area (Å²) in [5.74, 6) is 1.37. The predicted molar refractivity (Wildman–Crippen MR) is 113 cm³/mol. The Balaban J connectivity index is 0.00000529. The Labute approximate surface area is 166 Å². The molecule has 0 spiro atoms. The van der Waals surface area contributed by atoms with Gasteiger partial charge in [0.25, 0.3) is 5.91 Å². The Morgan fingerprint density at radius 2 is 1.88 bits per heavy atom. The summed E-state index contributed by atoms with van der Waals surface area (Å²) < 4.78 is 0. The molecule has 6 nitrogen and oxygen atoms in total. The molecule has 0 saturated heterocycles. The van der Waals surface area contributed by atoms with E-state index in [1.165, 1.54) is 11.3 Å². The molecule has 0 aliphatic carbocycles. The van der Waals surface area contributed by atoms with E-state index >= 15 is 0 Å². The maximum absolute atomic E-state index is 12.0. The monoisotopic (exact) mass is 467 g/mol. The summed E-state index contributed by atoms with van der Waals surface area (Å²) in [5.41, 5.74) is 2.47. The number of nitrogens with one attached hydrogen (secondary N) is 3. The van der Waals surface area contributed by atoms with Crippen molar-refractivity contribution < 1.29 is 4.79 Å². The normalized spacial score (nSPS) is 11.1. The molecule has 138 valence electrons. The van der Waals surface area contributed by atoms with Crippen molar-refractivity contribution in [3.8, 4) is 0 Å². The standard InChI is InChI=1S/C16H29N5OS.HI/c1-5-13(6-2)10-20-16(17-7-3)19-9-8-18-15(22)14-12(4)21-11-23-14;/h11,13H,5-10H2,1-4H3,(H,18,22)(H2,17,19,20);1H. The van der Waals surface area contributed by atoms with E-state index in [2.05, 4.69) is 39.8 Å². The zero-order valence-corrected chi connectivity index (χ0v) is 18.2. The van der Waals surface area contributed by atoms with Crippen LogP contribution in [0.2, 0.25) is 0 Å². The van der Waals surface area contributed by atoms with E-state index in [4.69, 9.17) is 0 Å². The highest BCUT2D eigenvalue weighted by molar-refractivity contribution is 14.0. The van der Waals surface area contributed by atoms with Crippen molar-refractivity contribution in [3.05, 3.63) is 16.1 Å². The van der Waals surface area contributed by atoms with Crippen LogP contribution in [0, 0.1) is 12.8 Å². The summed E-state index contributed by atoms with van der Waals surface area (Å²) in [5, 5.41) is 9.38. The largest absolute Gasteiger partial charge is 0.357 e. The fraction of sp³-hybridized carbons (Fsp3) is 0.688. The summed E-state index contributed by atoms with van der Waals surface area (Å²) in [6, 6.07) is 0. The second-order valence-electron chi connectivity index (χ2n) is 5.35. The predicted octanol–water partition coefficient (Wildman–Crippen LogP) is 2.79. The van der Waals surface area contributed by atoms with Crippen molar-refractivity contribution in [1.29, 1.82) is 0 Å². The van der Waals surface area contributed by atoms with Gasteiger partial charge in [0, 0.05) is 26.2 Å². The van der Waals surface area contributed by atoms with E-state index in [1.807, 2.05) is 13.8 Å². The van der Waals surface area contributed by atoms with Gasteiger partial charge in [0.15, 0.2) is 5.96 Å². The number of nitrogens with zero attached hydrogens (tertiary/aromatic N) is 2. The van der Waals surface area contributed by atoms with Gasteiger partial charge in [0.1, 0.15) is 4.88 Å². The maximum Gasteiger partial charge on any atom is 0.263 e. The molecule has 0 aliphatic heterocycles. The molecule has 3 N–H and O–H groups in total. The first-order chi connectivity index (χ1) is 11.1. The summed E-state index contributed by atoms with van der Waals surface area (Å²) in [6.07, 6.45) is 2.29. The van der Waals surface area contributed by atoms with Gasteiger partial charge in [-0.15, -0.1) is 35.3 Å². The number of carbonyl (C=O) groups is 1. The first-order valence-corrected chi connectivity index (χ1v) is 9.20. The summed E-state index contributed by atoms with van der Waals surface area (Å²) >= 11 is 1.37. The Bertz CT molecular complexity index is 502. The molecule has 1 aromatic heterocycles. The van der Waals surface area contributed by atoms with E-state index in [1.54, 1.807) is 5.51 Å². The van der Waals surface area contributed by atoms with Crippen LogP contribution in [0.15, 0.2) is 10.5 Å². The lowest BCUT2D eigenvalue weighted by molar-refractivity contribution is 0.0957. The minimum absolute atomic E-state index is 0. The molecule has 0 aliphatic rings. The molecule has 0 bridgehead atoms. The van der Waals surface area contributed by atoms with Gasteiger partial charge in [-0.05, 0) is 19.8 Å². The Kier molecular flexibility index (Phi) is 12.9. The third-order valence-electron chi connectivity index (χ3n) is 3.66. The molecule has 1 rings (SSSR count). The number of hydrogen-bond donors (Lipinski definition) is 3. The van der Waals surface area contributed by atoms with Gasteiger partial charge in [-0.1, -0.05) is 26.7 Å². The van der Waals surface area contributed by atoms with Crippen LogP contribution in [0.25, 0.3) is 0 Å². The highest BCUT2D eigenvalue weighted by atomic mass is 127. The molecule has 0 fully saturated rings. The van der Waals surface area contributed by atoms with Crippen molar-refractivity contribution in [2.75, 3.05) is 26.2 Å². The highest BCUT2D eigenvalue weighted by Gasteiger charge is 2.10. The van der Waals surface area contributed by atoms with Crippen molar-refractivity contribution in [3.63, 3.8) is 0 Å². The topological polar surface area (TPSA) is 78.4 Å². The van der Waals surface area contributed by atoms with Crippen molar-refractivity contribution in [2.24, 2.45) is 10.9 Å². The number of aliphatic imine (C=N–C) groups is 1. The molecule has 0 atom stereocenters. The number of amides is 1. The van der Waals surface area contributed by atoms with Crippen LogP contribution < -0.4 is 16.0 Å². The van der Waals surface area contributed by atoms with Crippen molar-refractivity contribution in [2.45, 2.75) is 40.5 Å². The molecular weight excluding hydrogens is 437 g/mol. The number of carbonyl (C=O) groups excluding carboxylic acids is 1. The minimum atomic E-state index is -0.0641. The summed E-state index contributed by atoms with van der Waals surface area (Å²) in [4.78, 5) is 21.4.